The fourth-order valence-corrected chi connectivity index (χ4v) is 2.76. The van der Waals surface area contributed by atoms with Crippen LogP contribution in [0.3, 0.4) is 0 Å². The fraction of sp³-hybridized carbons (Fsp3) is 0.412. The molecule has 2 aromatic rings. The molecule has 1 N–H and O–H groups in total. The summed E-state index contributed by atoms with van der Waals surface area (Å²) >= 11 is 0. The summed E-state index contributed by atoms with van der Waals surface area (Å²) in [6, 6.07) is 4.81. The number of H-pyrrole nitrogens is 1. The van der Waals surface area contributed by atoms with E-state index < -0.39 is 0 Å². The quantitative estimate of drug-likeness (QED) is 0.884. The van der Waals surface area contributed by atoms with Gasteiger partial charge in [-0.25, -0.2) is 9.97 Å². The lowest BCUT2D eigenvalue weighted by atomic mass is 10.1. The summed E-state index contributed by atoms with van der Waals surface area (Å²) in [5, 5.41) is 0. The van der Waals surface area contributed by atoms with E-state index in [1.54, 1.807) is 30.2 Å². The van der Waals surface area contributed by atoms with Crippen LogP contribution in [0.4, 0.5) is 5.95 Å². The van der Waals surface area contributed by atoms with Gasteiger partial charge in [-0.15, -0.1) is 0 Å². The molecule has 0 saturated carbocycles. The van der Waals surface area contributed by atoms with Gasteiger partial charge in [-0.05, 0) is 19.1 Å². The van der Waals surface area contributed by atoms with Gasteiger partial charge < -0.3 is 19.5 Å². The number of aromatic amines is 1. The minimum Gasteiger partial charge on any atom is -0.368 e. The van der Waals surface area contributed by atoms with Gasteiger partial charge in [0.2, 0.25) is 11.5 Å². The van der Waals surface area contributed by atoms with Gasteiger partial charge in [-0.1, -0.05) is 0 Å². The van der Waals surface area contributed by atoms with E-state index in [2.05, 4.69) is 15.0 Å². The highest BCUT2D eigenvalue weighted by molar-refractivity contribution is 5.94. The molecular weight excluding hydrogens is 322 g/mol. The number of aryl methyl sites for hydroxylation is 1. The van der Waals surface area contributed by atoms with Gasteiger partial charge in [0.25, 0.3) is 5.91 Å². The van der Waals surface area contributed by atoms with Gasteiger partial charge in [-0.2, -0.15) is 0 Å². The maximum absolute atomic E-state index is 12.7. The zero-order chi connectivity index (χ0) is 18.0. The monoisotopic (exact) mass is 343 g/mol. The summed E-state index contributed by atoms with van der Waals surface area (Å²) in [6.45, 7) is 3.03. The maximum Gasteiger partial charge on any atom is 0.254 e. The number of anilines is 1. The van der Waals surface area contributed by atoms with Crippen molar-refractivity contribution in [1.82, 2.24) is 19.9 Å². The van der Waals surface area contributed by atoms with Crippen LogP contribution in [0.2, 0.25) is 0 Å². The molecular formula is C17H21N5O3. The molecule has 3 rings (SSSR count). The van der Waals surface area contributed by atoms with Crippen LogP contribution in [0.15, 0.2) is 29.2 Å². The number of nitrogens with zero attached hydrogens (tertiary/aromatic N) is 4. The van der Waals surface area contributed by atoms with E-state index in [4.69, 9.17) is 4.74 Å². The van der Waals surface area contributed by atoms with Crippen LogP contribution in [0.5, 0.6) is 0 Å². The molecule has 0 radical (unpaired) electrons. The van der Waals surface area contributed by atoms with Crippen molar-refractivity contribution in [2.75, 3.05) is 38.7 Å². The Hall–Kier alpha value is -2.74. The zero-order valence-corrected chi connectivity index (χ0v) is 14.5. The number of nitrogens with one attached hydrogen (secondary N) is 1. The van der Waals surface area contributed by atoms with Crippen molar-refractivity contribution in [1.29, 1.82) is 0 Å². The molecule has 1 unspecified atom stereocenters. The topological polar surface area (TPSA) is 91.4 Å². The number of pyridine rings is 1. The number of hydrogen-bond donors (Lipinski definition) is 1. The average Bonchev–Trinajstić information content (AvgIpc) is 2.60. The number of aromatic nitrogens is 3. The SMILES string of the molecule is Cc1cc(C(=O)N2CCOC(c3ccnc(N(C)C)n3)C2)cc(=O)[nH]1. The Labute approximate surface area is 145 Å². The summed E-state index contributed by atoms with van der Waals surface area (Å²) in [5.41, 5.74) is 1.50. The third kappa shape index (κ3) is 3.85. The second kappa shape index (κ2) is 7.02. The summed E-state index contributed by atoms with van der Waals surface area (Å²) < 4.78 is 5.79. The third-order valence-electron chi connectivity index (χ3n) is 3.97. The Morgan fingerprint density at radius 2 is 2.20 bits per heavy atom. The van der Waals surface area contributed by atoms with Crippen LogP contribution in [0.1, 0.15) is 27.8 Å². The minimum atomic E-state index is -0.317. The van der Waals surface area contributed by atoms with Crippen LogP contribution >= 0.6 is 0 Å². The maximum atomic E-state index is 12.7. The molecule has 1 aliphatic heterocycles. The fourth-order valence-electron chi connectivity index (χ4n) is 2.76. The molecule has 1 aliphatic rings. The summed E-state index contributed by atoms with van der Waals surface area (Å²) in [4.78, 5) is 39.2. The Morgan fingerprint density at radius 1 is 1.40 bits per heavy atom. The Kier molecular flexibility index (Phi) is 4.80. The van der Waals surface area contributed by atoms with Gasteiger partial charge in [0.1, 0.15) is 6.10 Å². The lowest BCUT2D eigenvalue weighted by Crippen LogP contribution is -2.42. The summed E-state index contributed by atoms with van der Waals surface area (Å²) in [5.74, 6) is 0.416. The van der Waals surface area contributed by atoms with E-state index in [1.165, 1.54) is 6.07 Å². The molecule has 1 amide bonds. The van der Waals surface area contributed by atoms with E-state index in [1.807, 2.05) is 19.0 Å². The first-order chi connectivity index (χ1) is 11.9. The molecule has 132 valence electrons. The van der Waals surface area contributed by atoms with E-state index in [-0.39, 0.29) is 17.6 Å². The van der Waals surface area contributed by atoms with Gasteiger partial charge >= 0.3 is 0 Å². The van der Waals surface area contributed by atoms with Crippen molar-refractivity contribution in [2.24, 2.45) is 0 Å². The normalized spacial score (nSPS) is 17.4. The highest BCUT2D eigenvalue weighted by atomic mass is 16.5. The van der Waals surface area contributed by atoms with E-state index in [0.29, 0.717) is 36.9 Å². The predicted octanol–water partition coefficient (Wildman–Crippen LogP) is 0.753. The molecule has 8 nitrogen and oxygen atoms in total. The number of carbonyl (C=O) groups is 1. The number of morpholine rings is 1. The van der Waals surface area contributed by atoms with Crippen LogP contribution in [0, 0.1) is 6.92 Å². The van der Waals surface area contributed by atoms with Crippen LogP contribution < -0.4 is 10.5 Å². The molecule has 25 heavy (non-hydrogen) atoms. The number of ether oxygens (including phenoxy) is 1. The Bertz CT molecular complexity index is 833. The lowest BCUT2D eigenvalue weighted by molar-refractivity contribution is -0.0247. The highest BCUT2D eigenvalue weighted by Crippen LogP contribution is 2.22. The van der Waals surface area contributed by atoms with Gasteiger partial charge in [0.15, 0.2) is 0 Å². The molecule has 2 aromatic heterocycles. The molecule has 8 heteroatoms. The highest BCUT2D eigenvalue weighted by Gasteiger charge is 2.27. The number of carbonyl (C=O) groups excluding carboxylic acids is 1. The summed E-state index contributed by atoms with van der Waals surface area (Å²) in [7, 11) is 3.73. The van der Waals surface area contributed by atoms with Gasteiger partial charge in [0, 0.05) is 44.2 Å². The molecule has 3 heterocycles. The number of hydrogen-bond acceptors (Lipinski definition) is 6. The largest absolute Gasteiger partial charge is 0.368 e. The van der Waals surface area contributed by atoms with Crippen LogP contribution in [-0.2, 0) is 4.74 Å². The first-order valence-electron chi connectivity index (χ1n) is 8.06. The molecule has 0 aromatic carbocycles. The van der Waals surface area contributed by atoms with Gasteiger partial charge in [0.05, 0.1) is 18.8 Å². The molecule has 1 atom stereocenters. The summed E-state index contributed by atoms with van der Waals surface area (Å²) in [6.07, 6.45) is 1.37. The standard InChI is InChI=1S/C17H21N5O3/c1-11-8-12(9-15(23)19-11)16(24)22-6-7-25-14(10-22)13-4-5-18-17(20-13)21(2)3/h4-5,8-9,14H,6-7,10H2,1-3H3,(H,19,23). The van der Waals surface area contributed by atoms with Crippen molar-refractivity contribution in [3.8, 4) is 0 Å². The van der Waals surface area contributed by atoms with Crippen molar-refractivity contribution < 1.29 is 9.53 Å². The number of amides is 1. The van der Waals surface area contributed by atoms with E-state index in [0.717, 1.165) is 5.69 Å². The second-order valence-electron chi connectivity index (χ2n) is 6.20. The van der Waals surface area contributed by atoms with Crippen molar-refractivity contribution in [2.45, 2.75) is 13.0 Å². The van der Waals surface area contributed by atoms with Crippen molar-refractivity contribution >= 4 is 11.9 Å². The number of rotatable bonds is 3. The third-order valence-corrected chi connectivity index (χ3v) is 3.97. The molecule has 1 fully saturated rings. The van der Waals surface area contributed by atoms with Crippen LogP contribution in [-0.4, -0.2) is 59.6 Å². The van der Waals surface area contributed by atoms with Gasteiger partial charge in [-0.3, -0.25) is 9.59 Å². The molecule has 1 saturated heterocycles. The Balaban J connectivity index is 1.80. The first kappa shape index (κ1) is 17.1. The molecule has 0 aliphatic carbocycles. The predicted molar refractivity (Wildman–Crippen MR) is 92.8 cm³/mol. The zero-order valence-electron chi connectivity index (χ0n) is 14.5. The lowest BCUT2D eigenvalue weighted by Gasteiger charge is -2.33. The van der Waals surface area contributed by atoms with E-state index in [9.17, 15) is 9.59 Å². The van der Waals surface area contributed by atoms with E-state index >= 15 is 0 Å². The first-order valence-corrected chi connectivity index (χ1v) is 8.06. The Morgan fingerprint density at radius 3 is 2.92 bits per heavy atom. The van der Waals surface area contributed by atoms with Crippen molar-refractivity contribution in [3.63, 3.8) is 0 Å². The molecule has 0 spiro atoms. The van der Waals surface area contributed by atoms with Crippen LogP contribution in [0.25, 0.3) is 0 Å². The smallest absolute Gasteiger partial charge is 0.254 e. The second-order valence-corrected chi connectivity index (χ2v) is 6.20. The molecule has 0 bridgehead atoms. The average molecular weight is 343 g/mol. The van der Waals surface area contributed by atoms with Crippen molar-refractivity contribution in [3.05, 3.63) is 51.7 Å². The minimum absolute atomic E-state index is 0.176.